The van der Waals surface area contributed by atoms with Gasteiger partial charge < -0.3 is 14.1 Å². The molecule has 1 aliphatic heterocycles. The van der Waals surface area contributed by atoms with Crippen molar-refractivity contribution >= 4 is 39.2 Å². The van der Waals surface area contributed by atoms with Crippen molar-refractivity contribution in [3.63, 3.8) is 0 Å². The van der Waals surface area contributed by atoms with Crippen LogP contribution in [0.1, 0.15) is 38.1 Å². The molecule has 0 saturated carbocycles. The Morgan fingerprint density at radius 1 is 1.13 bits per heavy atom. The number of thiazole rings is 1. The van der Waals surface area contributed by atoms with Crippen LogP contribution in [-0.2, 0) is 4.79 Å². The van der Waals surface area contributed by atoms with E-state index >= 15 is 0 Å². The van der Waals surface area contributed by atoms with Gasteiger partial charge in [-0.05, 0) is 51.1 Å². The van der Waals surface area contributed by atoms with Crippen molar-refractivity contribution in [2.75, 3.05) is 20.2 Å². The molecule has 1 amide bonds. The number of benzene rings is 2. The Morgan fingerprint density at radius 2 is 1.85 bits per heavy atom. The van der Waals surface area contributed by atoms with Crippen molar-refractivity contribution in [2.24, 2.45) is 4.99 Å². The van der Waals surface area contributed by atoms with Crippen LogP contribution in [0.15, 0.2) is 90.6 Å². The van der Waals surface area contributed by atoms with Gasteiger partial charge in [0.25, 0.3) is 11.5 Å². The Balaban J connectivity index is 1.67. The quantitative estimate of drug-likeness (QED) is 0.292. The number of nitrogens with zero attached hydrogens (tertiary/aromatic N) is 3. The fourth-order valence-corrected chi connectivity index (χ4v) is 6.08. The lowest BCUT2D eigenvalue weighted by Crippen LogP contribution is -2.43. The normalized spacial score (nSPS) is 15.2. The number of carbonyl (C=O) groups is 1. The molecule has 2 aromatic heterocycles. The van der Waals surface area contributed by atoms with Gasteiger partial charge in [-0.3, -0.25) is 14.2 Å². The van der Waals surface area contributed by atoms with Crippen molar-refractivity contribution in [3.8, 4) is 17.1 Å². The summed E-state index contributed by atoms with van der Waals surface area (Å²) >= 11 is 4.73. The number of carbonyl (C=O) groups excluding carboxylic acids is 1. The summed E-state index contributed by atoms with van der Waals surface area (Å²) in [6.07, 6.45) is 1.73. The lowest BCUT2D eigenvalue weighted by Gasteiger charge is -2.29. The van der Waals surface area contributed by atoms with Crippen LogP contribution in [0, 0.1) is 0 Å². The summed E-state index contributed by atoms with van der Waals surface area (Å²) in [5.41, 5.74) is 2.48. The molecule has 1 atom stereocenters. The maximum absolute atomic E-state index is 13.9. The number of ether oxygens (including phenoxy) is 1. The predicted octanol–water partition coefficient (Wildman–Crippen LogP) is 5.13. The molecule has 0 aliphatic carbocycles. The number of hydrogen-bond acceptors (Lipinski definition) is 6. The summed E-state index contributed by atoms with van der Waals surface area (Å²) in [4.78, 5) is 34.7. The van der Waals surface area contributed by atoms with Crippen molar-refractivity contribution in [3.05, 3.63) is 107 Å². The minimum absolute atomic E-state index is 0.142. The molecular formula is C30H28BrN3O4S. The van der Waals surface area contributed by atoms with Gasteiger partial charge in [0.05, 0.1) is 22.9 Å². The summed E-state index contributed by atoms with van der Waals surface area (Å²) in [6, 6.07) is 18.4. The molecule has 7 nitrogen and oxygen atoms in total. The number of furan rings is 1. The molecule has 5 rings (SSSR count). The molecule has 1 aliphatic rings. The number of likely N-dealkylation sites (N-methyl/N-ethyl adjacent to an activating group) is 1. The zero-order chi connectivity index (χ0) is 27.7. The van der Waals surface area contributed by atoms with Crippen LogP contribution in [0.2, 0.25) is 0 Å². The standard InChI is InChI=1S/C30H28BrN3O4S/c1-5-33(6-2)29(36)26-18(3)32-30-34(27(26)22-9-7-8-10-24(22)37-4)28(35)25(39-30)17-21-15-16-23(38-21)19-11-13-20(31)14-12-19/h7-17,27H,5-6H2,1-4H3/b25-17+/t27-/m0/s1. The molecule has 0 bridgehead atoms. The highest BCUT2D eigenvalue weighted by molar-refractivity contribution is 9.10. The fourth-order valence-electron chi connectivity index (χ4n) is 4.79. The van der Waals surface area contributed by atoms with Crippen LogP contribution in [-0.4, -0.2) is 35.6 Å². The van der Waals surface area contributed by atoms with Crippen LogP contribution in [0.5, 0.6) is 5.75 Å². The van der Waals surface area contributed by atoms with Gasteiger partial charge in [-0.15, -0.1) is 0 Å². The first-order valence-corrected chi connectivity index (χ1v) is 14.3. The topological polar surface area (TPSA) is 77.0 Å². The Hall–Kier alpha value is -3.69. The van der Waals surface area contributed by atoms with E-state index in [1.54, 1.807) is 22.7 Å². The molecule has 0 spiro atoms. The van der Waals surface area contributed by atoms with Crippen molar-refractivity contribution < 1.29 is 13.9 Å². The number of methoxy groups -OCH3 is 1. The second-order valence-electron chi connectivity index (χ2n) is 9.01. The predicted molar refractivity (Wildman–Crippen MR) is 157 cm³/mol. The molecule has 39 heavy (non-hydrogen) atoms. The maximum Gasteiger partial charge on any atom is 0.271 e. The molecule has 3 heterocycles. The van der Waals surface area contributed by atoms with E-state index in [1.807, 2.05) is 81.4 Å². The van der Waals surface area contributed by atoms with Gasteiger partial charge in [0.2, 0.25) is 0 Å². The average molecular weight is 607 g/mol. The largest absolute Gasteiger partial charge is 0.496 e. The Bertz CT molecular complexity index is 1740. The molecule has 9 heteroatoms. The lowest BCUT2D eigenvalue weighted by molar-refractivity contribution is -0.127. The van der Waals surface area contributed by atoms with Gasteiger partial charge in [0.15, 0.2) is 4.80 Å². The van der Waals surface area contributed by atoms with Gasteiger partial charge in [-0.25, -0.2) is 4.99 Å². The number of hydrogen-bond donors (Lipinski definition) is 0. The van der Waals surface area contributed by atoms with E-state index in [4.69, 9.17) is 14.1 Å². The van der Waals surface area contributed by atoms with Gasteiger partial charge in [-0.2, -0.15) is 0 Å². The zero-order valence-electron chi connectivity index (χ0n) is 22.1. The summed E-state index contributed by atoms with van der Waals surface area (Å²) < 4.78 is 14.8. The lowest BCUT2D eigenvalue weighted by atomic mass is 9.94. The molecule has 2 aromatic carbocycles. The minimum Gasteiger partial charge on any atom is -0.496 e. The summed E-state index contributed by atoms with van der Waals surface area (Å²) in [7, 11) is 1.59. The Kier molecular flexibility index (Phi) is 7.72. The number of amides is 1. The smallest absolute Gasteiger partial charge is 0.271 e. The van der Waals surface area contributed by atoms with Crippen LogP contribution < -0.4 is 19.6 Å². The van der Waals surface area contributed by atoms with Gasteiger partial charge in [0, 0.05) is 34.8 Å². The number of fused-ring (bicyclic) bond motifs is 1. The molecule has 200 valence electrons. The number of rotatable bonds is 7. The van der Waals surface area contributed by atoms with Crippen LogP contribution in [0.3, 0.4) is 0 Å². The molecule has 0 saturated heterocycles. The fraction of sp³-hybridized carbons (Fsp3) is 0.233. The molecule has 0 fully saturated rings. The van der Waals surface area contributed by atoms with Gasteiger partial charge in [0.1, 0.15) is 23.3 Å². The molecule has 0 unspecified atom stereocenters. The van der Waals surface area contributed by atoms with E-state index in [2.05, 4.69) is 15.9 Å². The van der Waals surface area contributed by atoms with E-state index in [0.29, 0.717) is 51.0 Å². The molecule has 0 radical (unpaired) electrons. The number of para-hydroxylation sites is 1. The van der Waals surface area contributed by atoms with E-state index in [0.717, 1.165) is 15.6 Å². The zero-order valence-corrected chi connectivity index (χ0v) is 24.5. The summed E-state index contributed by atoms with van der Waals surface area (Å²) in [6.45, 7) is 6.81. The summed E-state index contributed by atoms with van der Waals surface area (Å²) in [5.74, 6) is 1.72. The Labute approximate surface area is 238 Å². The van der Waals surface area contributed by atoms with E-state index in [9.17, 15) is 9.59 Å². The monoisotopic (exact) mass is 605 g/mol. The third kappa shape index (κ3) is 5.04. The van der Waals surface area contributed by atoms with E-state index in [1.165, 1.54) is 11.3 Å². The van der Waals surface area contributed by atoms with Crippen molar-refractivity contribution in [1.82, 2.24) is 9.47 Å². The third-order valence-electron chi connectivity index (χ3n) is 6.77. The van der Waals surface area contributed by atoms with E-state index in [-0.39, 0.29) is 11.5 Å². The molecule has 4 aromatic rings. The maximum atomic E-state index is 13.9. The van der Waals surface area contributed by atoms with Crippen LogP contribution >= 0.6 is 27.3 Å². The first-order valence-electron chi connectivity index (χ1n) is 12.7. The van der Waals surface area contributed by atoms with Crippen molar-refractivity contribution in [2.45, 2.75) is 26.8 Å². The average Bonchev–Trinajstić information content (AvgIpc) is 3.53. The second-order valence-corrected chi connectivity index (χ2v) is 10.9. The molecular weight excluding hydrogens is 578 g/mol. The van der Waals surface area contributed by atoms with Gasteiger partial charge >= 0.3 is 0 Å². The minimum atomic E-state index is -0.678. The second kappa shape index (κ2) is 11.2. The Morgan fingerprint density at radius 3 is 2.54 bits per heavy atom. The van der Waals surface area contributed by atoms with Crippen LogP contribution in [0.4, 0.5) is 0 Å². The van der Waals surface area contributed by atoms with E-state index < -0.39 is 6.04 Å². The summed E-state index contributed by atoms with van der Waals surface area (Å²) in [5, 5.41) is 0. The molecule has 0 N–H and O–H groups in total. The highest BCUT2D eigenvalue weighted by Crippen LogP contribution is 2.36. The first kappa shape index (κ1) is 26.9. The highest BCUT2D eigenvalue weighted by Gasteiger charge is 2.35. The SMILES string of the molecule is CCN(CC)C(=O)C1=C(C)N=c2s/c(=C/c3ccc(-c4ccc(Br)cc4)o3)c(=O)n2[C@H]1c1ccccc1OC. The number of allylic oxidation sites excluding steroid dienone is 1. The highest BCUT2D eigenvalue weighted by atomic mass is 79.9. The number of halogens is 1. The van der Waals surface area contributed by atoms with Crippen molar-refractivity contribution in [1.29, 1.82) is 0 Å². The first-order chi connectivity index (χ1) is 18.9. The number of aromatic nitrogens is 1. The van der Waals surface area contributed by atoms with Crippen LogP contribution in [0.25, 0.3) is 17.4 Å². The van der Waals surface area contributed by atoms with Gasteiger partial charge in [-0.1, -0.05) is 57.6 Å². The third-order valence-corrected chi connectivity index (χ3v) is 8.28.